The molecule has 8 heteroatoms. The van der Waals surface area contributed by atoms with Crippen LogP contribution >= 0.6 is 0 Å². The summed E-state index contributed by atoms with van der Waals surface area (Å²) in [6, 6.07) is 15.4. The second-order valence-electron chi connectivity index (χ2n) is 11.1. The molecule has 3 aromatic rings. The van der Waals surface area contributed by atoms with Gasteiger partial charge in [0.15, 0.2) is 10.8 Å². The summed E-state index contributed by atoms with van der Waals surface area (Å²) in [4.78, 5) is 53.9. The Bertz CT molecular complexity index is 1480. The van der Waals surface area contributed by atoms with Crippen molar-refractivity contribution in [2.24, 2.45) is 10.8 Å². The Balaban J connectivity index is 1.96. The summed E-state index contributed by atoms with van der Waals surface area (Å²) in [6.45, 7) is 3.88. The first-order chi connectivity index (χ1) is 20.1. The SMILES string of the molecule is COC(=O)C1(C(=O)OC)Cc2ccccc2-c2c(c(C)c(C)c3c2-c2ccccc2CC(C(=O)OC)(C(=O)OC)C3)C1. The average Bonchev–Trinajstić information content (AvgIpc) is 3.28. The quantitative estimate of drug-likeness (QED) is 0.257. The lowest BCUT2D eigenvalue weighted by Gasteiger charge is -2.30. The van der Waals surface area contributed by atoms with Gasteiger partial charge >= 0.3 is 23.9 Å². The minimum Gasteiger partial charge on any atom is -0.468 e. The molecule has 218 valence electrons. The minimum atomic E-state index is -1.61. The maximum atomic E-state index is 13.5. The van der Waals surface area contributed by atoms with Crippen molar-refractivity contribution in [2.45, 2.75) is 39.5 Å². The third-order valence-electron chi connectivity index (χ3n) is 9.14. The van der Waals surface area contributed by atoms with Crippen molar-refractivity contribution in [1.82, 2.24) is 0 Å². The van der Waals surface area contributed by atoms with E-state index >= 15 is 0 Å². The van der Waals surface area contributed by atoms with E-state index < -0.39 is 34.7 Å². The molecule has 0 fully saturated rings. The van der Waals surface area contributed by atoms with E-state index in [1.54, 1.807) is 0 Å². The highest BCUT2D eigenvalue weighted by atomic mass is 16.6. The molecule has 5 rings (SSSR count). The summed E-state index contributed by atoms with van der Waals surface area (Å²) in [6.07, 6.45) is 0.274. The van der Waals surface area contributed by atoms with Gasteiger partial charge in [0.05, 0.1) is 28.4 Å². The van der Waals surface area contributed by atoms with Crippen LogP contribution < -0.4 is 0 Å². The summed E-state index contributed by atoms with van der Waals surface area (Å²) in [5, 5.41) is 0. The van der Waals surface area contributed by atoms with Crippen molar-refractivity contribution >= 4 is 23.9 Å². The van der Waals surface area contributed by atoms with Gasteiger partial charge in [-0.2, -0.15) is 0 Å². The highest BCUT2D eigenvalue weighted by Crippen LogP contribution is 2.52. The lowest BCUT2D eigenvalue weighted by molar-refractivity contribution is -0.170. The van der Waals surface area contributed by atoms with Gasteiger partial charge in [-0.3, -0.25) is 19.2 Å². The standard InChI is InChI=1S/C34H34O8/c1-19-20(2)26-18-34(31(37)41-5,32(38)42-6)16-22-12-8-10-14-24(22)28(26)27-23-13-9-7-11-21(23)15-33(17-25(19)27,29(35)39-3)30(36)40-4/h7-14H,15-18H2,1-6H3. The van der Waals surface area contributed by atoms with Crippen LogP contribution in [-0.4, -0.2) is 52.3 Å². The predicted molar refractivity (Wildman–Crippen MR) is 155 cm³/mol. The Labute approximate surface area is 244 Å². The van der Waals surface area contributed by atoms with E-state index in [0.717, 1.165) is 55.6 Å². The number of ether oxygens (including phenoxy) is 4. The Morgan fingerprint density at radius 2 is 0.833 bits per heavy atom. The van der Waals surface area contributed by atoms with E-state index in [9.17, 15) is 19.2 Å². The van der Waals surface area contributed by atoms with E-state index in [-0.39, 0.29) is 25.7 Å². The first-order valence-corrected chi connectivity index (χ1v) is 13.7. The van der Waals surface area contributed by atoms with Gasteiger partial charge in [0.1, 0.15) is 0 Å². The van der Waals surface area contributed by atoms with Crippen LogP contribution in [-0.2, 0) is 63.8 Å². The fraction of sp³-hybridized carbons (Fsp3) is 0.353. The normalized spacial score (nSPS) is 15.8. The van der Waals surface area contributed by atoms with Gasteiger partial charge in [0, 0.05) is 25.7 Å². The van der Waals surface area contributed by atoms with Crippen LogP contribution in [0.5, 0.6) is 0 Å². The first kappa shape index (κ1) is 29.0. The Kier molecular flexibility index (Phi) is 7.43. The van der Waals surface area contributed by atoms with Crippen LogP contribution in [0.2, 0.25) is 0 Å². The second-order valence-corrected chi connectivity index (χ2v) is 11.1. The molecule has 0 radical (unpaired) electrons. The monoisotopic (exact) mass is 570 g/mol. The molecule has 3 aromatic carbocycles. The van der Waals surface area contributed by atoms with Crippen LogP contribution in [0.1, 0.15) is 33.4 Å². The molecule has 0 saturated heterocycles. The Morgan fingerprint density at radius 1 is 0.524 bits per heavy atom. The van der Waals surface area contributed by atoms with Gasteiger partial charge in [0.2, 0.25) is 0 Å². The smallest absolute Gasteiger partial charge is 0.323 e. The van der Waals surface area contributed by atoms with Crippen molar-refractivity contribution in [3.63, 3.8) is 0 Å². The molecule has 2 aliphatic carbocycles. The zero-order valence-corrected chi connectivity index (χ0v) is 24.7. The summed E-state index contributed by atoms with van der Waals surface area (Å²) < 4.78 is 20.9. The van der Waals surface area contributed by atoms with E-state index in [1.807, 2.05) is 62.4 Å². The highest BCUT2D eigenvalue weighted by Gasteiger charge is 2.54. The fourth-order valence-electron chi connectivity index (χ4n) is 6.91. The third kappa shape index (κ3) is 4.11. The predicted octanol–water partition coefficient (Wildman–Crippen LogP) is 4.50. The topological polar surface area (TPSA) is 105 Å². The molecule has 0 aliphatic heterocycles. The van der Waals surface area contributed by atoms with Crippen molar-refractivity contribution in [1.29, 1.82) is 0 Å². The van der Waals surface area contributed by atoms with Crippen LogP contribution in [0.3, 0.4) is 0 Å². The molecule has 8 nitrogen and oxygen atoms in total. The van der Waals surface area contributed by atoms with Gasteiger partial charge in [-0.15, -0.1) is 0 Å². The fourth-order valence-corrected chi connectivity index (χ4v) is 6.91. The molecule has 0 aromatic heterocycles. The van der Waals surface area contributed by atoms with Crippen molar-refractivity contribution < 1.29 is 38.1 Å². The van der Waals surface area contributed by atoms with Gasteiger partial charge < -0.3 is 18.9 Å². The Hall–Kier alpha value is -4.46. The molecule has 0 spiro atoms. The lowest BCUT2D eigenvalue weighted by atomic mass is 9.73. The number of benzene rings is 3. The van der Waals surface area contributed by atoms with Crippen LogP contribution in [0.4, 0.5) is 0 Å². The second kappa shape index (κ2) is 10.7. The van der Waals surface area contributed by atoms with E-state index in [2.05, 4.69) is 0 Å². The molecular formula is C34H34O8. The first-order valence-electron chi connectivity index (χ1n) is 13.7. The minimum absolute atomic E-state index is 0.0532. The summed E-state index contributed by atoms with van der Waals surface area (Å²) in [7, 11) is 5.09. The van der Waals surface area contributed by atoms with E-state index in [0.29, 0.717) is 0 Å². The number of hydrogen-bond donors (Lipinski definition) is 0. The molecule has 2 aliphatic rings. The number of esters is 4. The number of carbonyl (C=O) groups excluding carboxylic acids is 4. The van der Waals surface area contributed by atoms with Crippen LogP contribution in [0.25, 0.3) is 22.3 Å². The van der Waals surface area contributed by atoms with Gasteiger partial charge in [0.25, 0.3) is 0 Å². The van der Waals surface area contributed by atoms with Crippen LogP contribution in [0.15, 0.2) is 48.5 Å². The number of carbonyl (C=O) groups is 4. The maximum Gasteiger partial charge on any atom is 0.323 e. The molecule has 0 unspecified atom stereocenters. The largest absolute Gasteiger partial charge is 0.468 e. The van der Waals surface area contributed by atoms with Gasteiger partial charge in [-0.1, -0.05) is 48.5 Å². The summed E-state index contributed by atoms with van der Waals surface area (Å²) in [5.74, 6) is -2.67. The van der Waals surface area contributed by atoms with Gasteiger partial charge in [-0.25, -0.2) is 0 Å². The molecule has 0 atom stereocenters. The average molecular weight is 571 g/mol. The lowest BCUT2D eigenvalue weighted by Crippen LogP contribution is -2.45. The number of hydrogen-bond acceptors (Lipinski definition) is 8. The van der Waals surface area contributed by atoms with Crippen LogP contribution in [0, 0.1) is 24.7 Å². The van der Waals surface area contributed by atoms with Crippen molar-refractivity contribution in [3.05, 3.63) is 81.9 Å². The summed E-state index contributed by atoms with van der Waals surface area (Å²) >= 11 is 0. The molecule has 0 bridgehead atoms. The van der Waals surface area contributed by atoms with Gasteiger partial charge in [-0.05, 0) is 69.5 Å². The van der Waals surface area contributed by atoms with Crippen molar-refractivity contribution in [3.8, 4) is 22.3 Å². The number of fused-ring (bicyclic) bond motifs is 7. The molecule has 0 heterocycles. The maximum absolute atomic E-state index is 13.5. The summed E-state index contributed by atoms with van der Waals surface area (Å²) in [5.41, 5.74) is 5.10. The molecule has 42 heavy (non-hydrogen) atoms. The molecule has 0 amide bonds. The molecule has 0 saturated carbocycles. The van der Waals surface area contributed by atoms with Crippen molar-refractivity contribution in [2.75, 3.05) is 28.4 Å². The molecular weight excluding hydrogens is 536 g/mol. The zero-order valence-electron chi connectivity index (χ0n) is 24.7. The zero-order chi connectivity index (χ0) is 30.4. The highest BCUT2D eigenvalue weighted by molar-refractivity contribution is 6.05. The number of rotatable bonds is 4. The Morgan fingerprint density at radius 3 is 1.14 bits per heavy atom. The third-order valence-corrected chi connectivity index (χ3v) is 9.14. The molecule has 0 N–H and O–H groups in total. The van der Waals surface area contributed by atoms with E-state index in [4.69, 9.17) is 18.9 Å². The van der Waals surface area contributed by atoms with E-state index in [1.165, 1.54) is 28.4 Å². The number of methoxy groups -OCH3 is 4.